The third-order valence-corrected chi connectivity index (χ3v) is 6.30. The molecule has 2 rings (SSSR count). The monoisotopic (exact) mass is 337 g/mol. The Hall–Kier alpha value is -1.73. The van der Waals surface area contributed by atoms with E-state index in [0.29, 0.717) is 0 Å². The van der Waals surface area contributed by atoms with E-state index in [9.17, 15) is 0 Å². The van der Waals surface area contributed by atoms with Gasteiger partial charge in [0.05, 0.1) is 10.9 Å². The van der Waals surface area contributed by atoms with Gasteiger partial charge in [-0.05, 0) is 60.7 Å². The van der Waals surface area contributed by atoms with Crippen LogP contribution in [0, 0.1) is 0 Å². The summed E-state index contributed by atoms with van der Waals surface area (Å²) in [6.07, 6.45) is 7.85. The molecule has 0 aromatic heterocycles. The fourth-order valence-corrected chi connectivity index (χ4v) is 4.69. The molecule has 0 heterocycles. The van der Waals surface area contributed by atoms with Crippen LogP contribution in [0.5, 0.6) is 0 Å². The number of hydrogen-bond donors (Lipinski definition) is 0. The van der Waals surface area contributed by atoms with Crippen LogP contribution in [0.15, 0.2) is 87.5 Å². The lowest BCUT2D eigenvalue weighted by atomic mass is 9.87. The van der Waals surface area contributed by atoms with Crippen LogP contribution >= 0.6 is 0 Å². The van der Waals surface area contributed by atoms with E-state index < -0.39 is 0 Å². The molecule has 2 aromatic carbocycles. The molecule has 2 aromatic rings. The van der Waals surface area contributed by atoms with E-state index in [2.05, 4.69) is 107 Å². The largest absolute Gasteiger partial charge is 0.166 e. The second kappa shape index (κ2) is 8.39. The molecule has 0 aliphatic heterocycles. The molecule has 0 N–H and O–H groups in total. The minimum absolute atomic E-state index is 0.0513. The predicted molar refractivity (Wildman–Crippen MR) is 109 cm³/mol. The Balaban J connectivity index is 2.48. The molecule has 0 radical (unpaired) electrons. The Kier molecular flexibility index (Phi) is 6.51. The first-order chi connectivity index (χ1) is 11.5. The van der Waals surface area contributed by atoms with Gasteiger partial charge in [0.2, 0.25) is 0 Å². The van der Waals surface area contributed by atoms with Gasteiger partial charge in [0, 0.05) is 0 Å². The van der Waals surface area contributed by atoms with Crippen molar-refractivity contribution in [3.8, 4) is 0 Å². The summed E-state index contributed by atoms with van der Waals surface area (Å²) in [5, 5.41) is 0. The molecule has 0 amide bonds. The van der Waals surface area contributed by atoms with Crippen LogP contribution in [-0.4, -0.2) is 0 Å². The van der Waals surface area contributed by atoms with Crippen molar-refractivity contribution < 1.29 is 0 Å². The van der Waals surface area contributed by atoms with Crippen LogP contribution in [0.2, 0.25) is 0 Å². The van der Waals surface area contributed by atoms with Gasteiger partial charge in [-0.15, -0.1) is 0 Å². The van der Waals surface area contributed by atoms with Gasteiger partial charge in [0.15, 0.2) is 14.7 Å². The number of benzene rings is 2. The standard InChI is InChI=1S/C23H29S/c1-6-8-12-20(7-2)24(21-13-10-9-11-14-21)22-17-15-19(16-18-22)23(3,4)5/h7-18H,6H2,1-5H3/q+1/b12-8-,20-7+. The smallest absolute Gasteiger partial charge is 0.0798 e. The molecular weight excluding hydrogens is 308 g/mol. The summed E-state index contributed by atoms with van der Waals surface area (Å²) in [6.45, 7) is 11.1. The molecular formula is C23H29S+. The lowest BCUT2D eigenvalue weighted by Gasteiger charge is -2.19. The Bertz CT molecular complexity index is 685. The van der Waals surface area contributed by atoms with Crippen LogP contribution in [0.1, 0.15) is 46.6 Å². The van der Waals surface area contributed by atoms with Crippen LogP contribution in [0.3, 0.4) is 0 Å². The van der Waals surface area contributed by atoms with Crippen molar-refractivity contribution in [2.45, 2.75) is 56.2 Å². The Morgan fingerprint density at radius 1 is 0.917 bits per heavy atom. The number of hydrogen-bond acceptors (Lipinski definition) is 0. The van der Waals surface area contributed by atoms with Crippen molar-refractivity contribution in [2.75, 3.05) is 0 Å². The number of rotatable bonds is 5. The molecule has 0 bridgehead atoms. The average molecular weight is 338 g/mol. The highest BCUT2D eigenvalue weighted by atomic mass is 32.2. The highest BCUT2D eigenvalue weighted by Gasteiger charge is 2.29. The first kappa shape index (κ1) is 18.6. The molecule has 0 fully saturated rings. The van der Waals surface area contributed by atoms with Gasteiger partial charge in [-0.25, -0.2) is 0 Å². The van der Waals surface area contributed by atoms with E-state index in [4.69, 9.17) is 0 Å². The van der Waals surface area contributed by atoms with Gasteiger partial charge in [-0.3, -0.25) is 0 Å². The molecule has 0 spiro atoms. The molecule has 0 saturated heterocycles. The highest BCUT2D eigenvalue weighted by Crippen LogP contribution is 2.32. The molecule has 1 atom stereocenters. The fourth-order valence-electron chi connectivity index (χ4n) is 2.57. The molecule has 1 heteroatoms. The molecule has 0 aliphatic rings. The summed E-state index contributed by atoms with van der Waals surface area (Å²) in [5.41, 5.74) is 1.57. The van der Waals surface area contributed by atoms with E-state index in [1.165, 1.54) is 20.3 Å². The van der Waals surface area contributed by atoms with Gasteiger partial charge in [0.1, 0.15) is 0 Å². The maximum absolute atomic E-state index is 2.31. The second-order valence-electron chi connectivity index (χ2n) is 6.90. The van der Waals surface area contributed by atoms with Gasteiger partial charge in [-0.2, -0.15) is 0 Å². The zero-order chi connectivity index (χ0) is 17.6. The molecule has 0 saturated carbocycles. The van der Waals surface area contributed by atoms with E-state index in [1.807, 2.05) is 0 Å². The first-order valence-corrected chi connectivity index (χ1v) is 9.92. The third kappa shape index (κ3) is 4.64. The summed E-state index contributed by atoms with van der Waals surface area (Å²) in [4.78, 5) is 4.13. The van der Waals surface area contributed by atoms with Crippen molar-refractivity contribution in [1.82, 2.24) is 0 Å². The highest BCUT2D eigenvalue weighted by molar-refractivity contribution is 8.00. The summed E-state index contributed by atoms with van der Waals surface area (Å²) in [6, 6.07) is 20.0. The quantitative estimate of drug-likeness (QED) is 0.411. The zero-order valence-electron chi connectivity index (χ0n) is 15.5. The van der Waals surface area contributed by atoms with Crippen molar-refractivity contribution in [3.63, 3.8) is 0 Å². The lowest BCUT2D eigenvalue weighted by molar-refractivity contribution is 0.589. The Morgan fingerprint density at radius 3 is 2.00 bits per heavy atom. The average Bonchev–Trinajstić information content (AvgIpc) is 2.59. The van der Waals surface area contributed by atoms with E-state index in [0.717, 1.165) is 6.42 Å². The van der Waals surface area contributed by atoms with Crippen molar-refractivity contribution in [1.29, 1.82) is 0 Å². The summed E-state index contributed by atoms with van der Waals surface area (Å²) >= 11 is 0. The Labute approximate surface area is 150 Å². The van der Waals surface area contributed by atoms with Gasteiger partial charge < -0.3 is 0 Å². The molecule has 0 aliphatic carbocycles. The summed E-state index contributed by atoms with van der Waals surface area (Å²) < 4.78 is 0. The third-order valence-electron chi connectivity index (χ3n) is 3.97. The maximum atomic E-state index is 2.31. The normalized spacial score (nSPS) is 14.1. The molecule has 126 valence electrons. The van der Waals surface area contributed by atoms with Gasteiger partial charge in [-0.1, -0.05) is 64.1 Å². The van der Waals surface area contributed by atoms with Gasteiger partial charge >= 0.3 is 0 Å². The lowest BCUT2D eigenvalue weighted by Crippen LogP contribution is -2.12. The maximum Gasteiger partial charge on any atom is 0.166 e. The minimum atomic E-state index is -0.0513. The Morgan fingerprint density at radius 2 is 1.50 bits per heavy atom. The molecule has 1 unspecified atom stereocenters. The van der Waals surface area contributed by atoms with Gasteiger partial charge in [0.25, 0.3) is 0 Å². The second-order valence-corrected chi connectivity index (χ2v) is 8.92. The topological polar surface area (TPSA) is 0 Å². The summed E-state index contributed by atoms with van der Waals surface area (Å²) in [5.74, 6) is 0. The summed E-state index contributed by atoms with van der Waals surface area (Å²) in [7, 11) is -0.0513. The molecule has 0 nitrogen and oxygen atoms in total. The van der Waals surface area contributed by atoms with E-state index in [1.54, 1.807) is 0 Å². The van der Waals surface area contributed by atoms with Crippen LogP contribution in [0.4, 0.5) is 0 Å². The molecule has 24 heavy (non-hydrogen) atoms. The van der Waals surface area contributed by atoms with Crippen molar-refractivity contribution in [3.05, 3.63) is 83.3 Å². The number of allylic oxidation sites excluding steroid dienone is 3. The van der Waals surface area contributed by atoms with Crippen molar-refractivity contribution >= 4 is 10.9 Å². The van der Waals surface area contributed by atoms with E-state index >= 15 is 0 Å². The van der Waals surface area contributed by atoms with Crippen LogP contribution < -0.4 is 0 Å². The predicted octanol–water partition coefficient (Wildman–Crippen LogP) is 6.89. The SMILES string of the molecule is C/C=C(\C=C/CC)[S+](c1ccccc1)c1ccc(C(C)(C)C)cc1. The van der Waals surface area contributed by atoms with E-state index in [-0.39, 0.29) is 16.3 Å². The minimum Gasteiger partial charge on any atom is -0.0798 e. The fraction of sp³-hybridized carbons (Fsp3) is 0.304. The first-order valence-electron chi connectivity index (χ1n) is 8.70. The van der Waals surface area contributed by atoms with Crippen LogP contribution in [0.25, 0.3) is 0 Å². The van der Waals surface area contributed by atoms with Crippen LogP contribution in [-0.2, 0) is 16.3 Å². The van der Waals surface area contributed by atoms with Crippen molar-refractivity contribution in [2.24, 2.45) is 0 Å². The zero-order valence-corrected chi connectivity index (χ0v) is 16.4.